The number of rotatable bonds is 6. The van der Waals surface area contributed by atoms with Crippen molar-refractivity contribution in [3.63, 3.8) is 0 Å². The van der Waals surface area contributed by atoms with Gasteiger partial charge in [-0.15, -0.1) is 0 Å². The Morgan fingerprint density at radius 3 is 2.17 bits per heavy atom. The van der Waals surface area contributed by atoms with E-state index in [2.05, 4.69) is 34.9 Å². The zero-order chi connectivity index (χ0) is 25.6. The molecular formula is C29H35N3O4. The lowest BCUT2D eigenvalue weighted by molar-refractivity contribution is -0.139. The molecule has 7 nitrogen and oxygen atoms in total. The molecule has 3 atom stereocenters. The van der Waals surface area contributed by atoms with Crippen LogP contribution >= 0.6 is 0 Å². The van der Waals surface area contributed by atoms with Crippen molar-refractivity contribution in [1.29, 1.82) is 0 Å². The Bertz CT molecular complexity index is 1150. The monoisotopic (exact) mass is 489 g/mol. The fourth-order valence-corrected chi connectivity index (χ4v) is 6.03. The maximum absolute atomic E-state index is 13.4. The Balaban J connectivity index is 1.18. The minimum Gasteiger partial charge on any atom is -0.449 e. The third-order valence-electron chi connectivity index (χ3n) is 7.95. The van der Waals surface area contributed by atoms with Gasteiger partial charge in [0, 0.05) is 30.5 Å². The molecule has 0 aromatic heterocycles. The molecule has 1 saturated carbocycles. The number of fused-ring (bicyclic) bond motifs is 5. The molecule has 0 radical (unpaired) electrons. The number of ether oxygens (including phenoxy) is 1. The Kier molecular flexibility index (Phi) is 6.27. The van der Waals surface area contributed by atoms with Gasteiger partial charge in [-0.2, -0.15) is 0 Å². The highest BCUT2D eigenvalue weighted by atomic mass is 16.5. The van der Waals surface area contributed by atoms with Crippen LogP contribution in [0.2, 0.25) is 0 Å². The second-order valence-electron chi connectivity index (χ2n) is 11.2. The van der Waals surface area contributed by atoms with Crippen LogP contribution in [0.15, 0.2) is 48.5 Å². The van der Waals surface area contributed by atoms with Gasteiger partial charge in [0.15, 0.2) is 0 Å². The zero-order valence-electron chi connectivity index (χ0n) is 21.4. The van der Waals surface area contributed by atoms with Crippen molar-refractivity contribution in [3.8, 4) is 11.1 Å². The van der Waals surface area contributed by atoms with Crippen LogP contribution in [0, 0.1) is 11.8 Å². The molecule has 190 valence electrons. The van der Waals surface area contributed by atoms with Crippen LogP contribution in [-0.2, 0) is 14.3 Å². The molecule has 7 heteroatoms. The van der Waals surface area contributed by atoms with Gasteiger partial charge in [-0.3, -0.25) is 9.59 Å². The van der Waals surface area contributed by atoms with E-state index in [1.807, 2.05) is 43.0 Å². The third-order valence-corrected chi connectivity index (χ3v) is 7.95. The fraction of sp³-hybridized carbons (Fsp3) is 0.483. The van der Waals surface area contributed by atoms with E-state index >= 15 is 0 Å². The molecule has 1 aliphatic heterocycles. The second kappa shape index (κ2) is 9.26. The van der Waals surface area contributed by atoms with Crippen LogP contribution in [0.5, 0.6) is 0 Å². The van der Waals surface area contributed by atoms with E-state index in [-0.39, 0.29) is 48.3 Å². The number of benzene rings is 2. The summed E-state index contributed by atoms with van der Waals surface area (Å²) in [5.41, 5.74) is 3.54. The molecule has 0 unspecified atom stereocenters. The molecule has 3 amide bonds. The highest BCUT2D eigenvalue weighted by Gasteiger charge is 2.50. The standard InChI is InChI=1S/C29H35N3O4/c1-17(2)26(33)30-25-14-19-13-18(25)15-32(19)27(34)29(3,4)31-28(35)36-16-24-22-11-7-5-9-20(22)21-10-6-8-12-23(21)24/h5-12,17-19,24-25H,13-16H2,1-4H3,(H,30,33)(H,31,35)/t18-,19-,25-/m0/s1. The minimum absolute atomic E-state index is 0.0331. The first-order chi connectivity index (χ1) is 17.2. The Morgan fingerprint density at radius 2 is 1.61 bits per heavy atom. The van der Waals surface area contributed by atoms with E-state index in [0.29, 0.717) is 6.54 Å². The number of piperidine rings is 1. The van der Waals surface area contributed by atoms with Crippen molar-refractivity contribution >= 4 is 17.9 Å². The van der Waals surface area contributed by atoms with Gasteiger partial charge in [0.05, 0.1) is 0 Å². The Hall–Kier alpha value is -3.35. The number of carbonyl (C=O) groups is 3. The van der Waals surface area contributed by atoms with Gasteiger partial charge < -0.3 is 20.3 Å². The fourth-order valence-electron chi connectivity index (χ4n) is 6.03. The summed E-state index contributed by atoms with van der Waals surface area (Å²) in [6.45, 7) is 8.02. The summed E-state index contributed by atoms with van der Waals surface area (Å²) in [5, 5.41) is 5.93. The molecule has 2 N–H and O–H groups in total. The van der Waals surface area contributed by atoms with Crippen molar-refractivity contribution in [2.24, 2.45) is 11.8 Å². The van der Waals surface area contributed by atoms with Gasteiger partial charge in [0.2, 0.25) is 11.8 Å². The minimum atomic E-state index is -1.09. The number of alkyl carbamates (subject to hydrolysis) is 1. The van der Waals surface area contributed by atoms with E-state index < -0.39 is 11.6 Å². The van der Waals surface area contributed by atoms with E-state index in [4.69, 9.17) is 4.74 Å². The number of carbonyl (C=O) groups excluding carboxylic acids is 3. The number of hydrogen-bond donors (Lipinski definition) is 2. The average Bonchev–Trinajstić information content (AvgIpc) is 3.53. The number of nitrogens with zero attached hydrogens (tertiary/aromatic N) is 1. The molecule has 2 bridgehead atoms. The summed E-state index contributed by atoms with van der Waals surface area (Å²) in [6, 6.07) is 16.6. The summed E-state index contributed by atoms with van der Waals surface area (Å²) < 4.78 is 5.67. The van der Waals surface area contributed by atoms with Crippen LogP contribution in [-0.4, -0.2) is 53.6 Å². The predicted octanol–water partition coefficient (Wildman–Crippen LogP) is 4.07. The largest absolute Gasteiger partial charge is 0.449 e. The SMILES string of the molecule is CC(C)C(=O)N[C@H]1C[C@@H]2C[C@H]1CN2C(=O)C(C)(C)NC(=O)OCC1c2ccccc2-c2ccccc21. The molecule has 36 heavy (non-hydrogen) atoms. The van der Waals surface area contributed by atoms with E-state index in [9.17, 15) is 14.4 Å². The molecule has 1 heterocycles. The first-order valence-electron chi connectivity index (χ1n) is 12.9. The van der Waals surface area contributed by atoms with E-state index in [1.165, 1.54) is 11.1 Å². The molecule has 2 aromatic carbocycles. The molecule has 2 fully saturated rings. The number of hydrogen-bond acceptors (Lipinski definition) is 4. The Morgan fingerprint density at radius 1 is 1.00 bits per heavy atom. The zero-order valence-corrected chi connectivity index (χ0v) is 21.4. The van der Waals surface area contributed by atoms with Gasteiger partial charge >= 0.3 is 6.09 Å². The third kappa shape index (κ3) is 4.36. The second-order valence-corrected chi connectivity index (χ2v) is 11.2. The molecule has 0 spiro atoms. The summed E-state index contributed by atoms with van der Waals surface area (Å²) in [4.78, 5) is 40.2. The van der Waals surface area contributed by atoms with Crippen LogP contribution in [0.4, 0.5) is 4.79 Å². The van der Waals surface area contributed by atoms with Crippen LogP contribution in [0.25, 0.3) is 11.1 Å². The quantitative estimate of drug-likeness (QED) is 0.641. The first kappa shape index (κ1) is 24.3. The first-order valence-corrected chi connectivity index (χ1v) is 12.9. The molecule has 2 aromatic rings. The van der Waals surface area contributed by atoms with Gasteiger partial charge in [0.1, 0.15) is 12.1 Å². The van der Waals surface area contributed by atoms with Gasteiger partial charge in [-0.25, -0.2) is 4.79 Å². The van der Waals surface area contributed by atoms with Gasteiger partial charge in [0.25, 0.3) is 0 Å². The van der Waals surface area contributed by atoms with Gasteiger partial charge in [-0.05, 0) is 54.9 Å². The van der Waals surface area contributed by atoms with E-state index in [0.717, 1.165) is 24.0 Å². The summed E-state index contributed by atoms with van der Waals surface area (Å²) in [7, 11) is 0. The van der Waals surface area contributed by atoms with Crippen LogP contribution < -0.4 is 10.6 Å². The van der Waals surface area contributed by atoms with Crippen LogP contribution in [0.1, 0.15) is 57.6 Å². The Labute approximate surface area is 212 Å². The summed E-state index contributed by atoms with van der Waals surface area (Å²) >= 11 is 0. The molecule has 2 aliphatic carbocycles. The van der Waals surface area contributed by atoms with Crippen molar-refractivity contribution in [2.75, 3.05) is 13.2 Å². The van der Waals surface area contributed by atoms with Crippen LogP contribution in [0.3, 0.4) is 0 Å². The molecule has 3 aliphatic rings. The van der Waals surface area contributed by atoms with Crippen molar-refractivity contribution in [3.05, 3.63) is 59.7 Å². The smallest absolute Gasteiger partial charge is 0.408 e. The van der Waals surface area contributed by atoms with Crippen molar-refractivity contribution in [1.82, 2.24) is 15.5 Å². The lowest BCUT2D eigenvalue weighted by atomic mass is 9.98. The summed E-state index contributed by atoms with van der Waals surface area (Å²) in [5.74, 6) is 0.114. The summed E-state index contributed by atoms with van der Waals surface area (Å²) in [6.07, 6.45) is 1.05. The molecular weight excluding hydrogens is 454 g/mol. The van der Waals surface area contributed by atoms with Gasteiger partial charge in [-0.1, -0.05) is 62.4 Å². The molecule has 1 saturated heterocycles. The number of nitrogens with one attached hydrogen (secondary N) is 2. The van der Waals surface area contributed by atoms with E-state index in [1.54, 1.807) is 13.8 Å². The highest BCUT2D eigenvalue weighted by Crippen LogP contribution is 2.44. The molecule has 5 rings (SSSR count). The maximum atomic E-state index is 13.4. The topological polar surface area (TPSA) is 87.7 Å². The maximum Gasteiger partial charge on any atom is 0.408 e. The normalized spacial score (nSPS) is 22.4. The lowest BCUT2D eigenvalue weighted by Gasteiger charge is -2.37. The highest BCUT2D eigenvalue weighted by molar-refractivity contribution is 5.90. The predicted molar refractivity (Wildman–Crippen MR) is 137 cm³/mol. The lowest BCUT2D eigenvalue weighted by Crippen LogP contribution is -2.59. The average molecular weight is 490 g/mol. The van der Waals surface area contributed by atoms with Crippen molar-refractivity contribution in [2.45, 2.75) is 64.1 Å². The number of amides is 3. The van der Waals surface area contributed by atoms with Crippen molar-refractivity contribution < 1.29 is 19.1 Å². The number of likely N-dealkylation sites (tertiary alicyclic amines) is 1.